The minimum absolute atomic E-state index is 0.163. The quantitative estimate of drug-likeness (QED) is 0.160. The molecule has 0 aliphatic carbocycles. The number of nitrogens with two attached hydrogens (primary N) is 2. The van der Waals surface area contributed by atoms with Crippen molar-refractivity contribution in [1.29, 1.82) is 0 Å². The Bertz CT molecular complexity index is 1290. The number of amides is 2. The van der Waals surface area contributed by atoms with Crippen molar-refractivity contribution in [2.75, 3.05) is 12.3 Å². The maximum absolute atomic E-state index is 12.7. The van der Waals surface area contributed by atoms with Crippen LogP contribution in [0.25, 0.3) is 0 Å². The van der Waals surface area contributed by atoms with Gasteiger partial charge in [-0.3, -0.25) is 14.4 Å². The van der Waals surface area contributed by atoms with Crippen LogP contribution >= 0.6 is 0 Å². The Morgan fingerprint density at radius 1 is 1.00 bits per heavy atom. The van der Waals surface area contributed by atoms with Gasteiger partial charge in [-0.05, 0) is 36.8 Å². The number of aliphatic imine (C=N–C) groups is 1. The summed E-state index contributed by atoms with van der Waals surface area (Å²) in [6.45, 7) is -0.518. The van der Waals surface area contributed by atoms with Crippen LogP contribution in [0.5, 0.6) is 0 Å². The molecule has 36 heavy (non-hydrogen) atoms. The topological polar surface area (TPSA) is 231 Å². The SMILES string of the molecule is NC(N)=Nc1cccc(C(=O)NCC(=O)NC(CCS(=O)(=O)c2ccccc2C(=O)O)CC(=O)O)c1. The first kappa shape index (κ1) is 27.8. The molecule has 0 aromatic heterocycles. The summed E-state index contributed by atoms with van der Waals surface area (Å²) in [5, 5.41) is 23.1. The summed E-state index contributed by atoms with van der Waals surface area (Å²) in [4.78, 5) is 50.6. The molecule has 192 valence electrons. The molecule has 0 radical (unpaired) electrons. The normalized spacial score (nSPS) is 11.7. The first-order valence-electron chi connectivity index (χ1n) is 10.4. The van der Waals surface area contributed by atoms with Crippen LogP contribution in [0.4, 0.5) is 5.69 Å². The molecule has 0 spiro atoms. The number of nitrogens with zero attached hydrogens (tertiary/aromatic N) is 1. The van der Waals surface area contributed by atoms with Gasteiger partial charge in [-0.15, -0.1) is 0 Å². The van der Waals surface area contributed by atoms with Gasteiger partial charge in [-0.1, -0.05) is 18.2 Å². The Labute approximate surface area is 206 Å². The number of benzene rings is 2. The van der Waals surface area contributed by atoms with Crippen LogP contribution in [0.2, 0.25) is 0 Å². The number of nitrogens with one attached hydrogen (secondary N) is 2. The van der Waals surface area contributed by atoms with E-state index < -0.39 is 68.8 Å². The molecule has 0 heterocycles. The van der Waals surface area contributed by atoms with Crippen molar-refractivity contribution in [3.8, 4) is 0 Å². The number of hydrogen-bond donors (Lipinski definition) is 6. The Morgan fingerprint density at radius 2 is 1.69 bits per heavy atom. The highest BCUT2D eigenvalue weighted by atomic mass is 32.2. The van der Waals surface area contributed by atoms with Gasteiger partial charge in [0.05, 0.1) is 34.9 Å². The highest BCUT2D eigenvalue weighted by molar-refractivity contribution is 7.91. The van der Waals surface area contributed by atoms with E-state index in [1.165, 1.54) is 30.3 Å². The van der Waals surface area contributed by atoms with E-state index in [-0.39, 0.29) is 17.9 Å². The van der Waals surface area contributed by atoms with E-state index in [2.05, 4.69) is 15.6 Å². The smallest absolute Gasteiger partial charge is 0.337 e. The fourth-order valence-corrected chi connectivity index (χ4v) is 4.76. The second-order valence-electron chi connectivity index (χ2n) is 7.54. The molecule has 1 atom stereocenters. The van der Waals surface area contributed by atoms with Gasteiger partial charge in [-0.2, -0.15) is 0 Å². The zero-order valence-electron chi connectivity index (χ0n) is 18.9. The summed E-state index contributed by atoms with van der Waals surface area (Å²) in [5.41, 5.74) is 10.7. The van der Waals surface area contributed by atoms with Crippen LogP contribution in [-0.4, -0.2) is 66.7 Å². The molecule has 2 rings (SSSR count). The van der Waals surface area contributed by atoms with Gasteiger partial charge in [-0.25, -0.2) is 18.2 Å². The summed E-state index contributed by atoms with van der Waals surface area (Å²) in [5.74, 6) is -4.91. The molecule has 0 saturated heterocycles. The van der Waals surface area contributed by atoms with Crippen LogP contribution in [0.1, 0.15) is 33.6 Å². The lowest BCUT2D eigenvalue weighted by Crippen LogP contribution is -2.43. The predicted octanol–water partition coefficient (Wildman–Crippen LogP) is -0.157. The van der Waals surface area contributed by atoms with Gasteiger partial charge in [0.2, 0.25) is 5.91 Å². The third kappa shape index (κ3) is 8.39. The molecular formula is C22H25N5O8S. The minimum atomic E-state index is -4.10. The average molecular weight is 520 g/mol. The van der Waals surface area contributed by atoms with Gasteiger partial charge in [0.15, 0.2) is 15.8 Å². The lowest BCUT2D eigenvalue weighted by molar-refractivity contribution is -0.137. The monoisotopic (exact) mass is 519 g/mol. The van der Waals surface area contributed by atoms with E-state index in [4.69, 9.17) is 16.6 Å². The molecular weight excluding hydrogens is 494 g/mol. The van der Waals surface area contributed by atoms with E-state index in [1.807, 2.05) is 0 Å². The van der Waals surface area contributed by atoms with Gasteiger partial charge in [0.1, 0.15) is 0 Å². The molecule has 0 bridgehead atoms. The van der Waals surface area contributed by atoms with Crippen molar-refractivity contribution in [3.05, 3.63) is 59.7 Å². The average Bonchev–Trinajstić information content (AvgIpc) is 2.80. The molecule has 2 aromatic rings. The number of guanidine groups is 1. The molecule has 13 nitrogen and oxygen atoms in total. The summed E-state index contributed by atoms with van der Waals surface area (Å²) < 4.78 is 25.4. The van der Waals surface area contributed by atoms with Crippen molar-refractivity contribution >= 4 is 45.2 Å². The number of carboxylic acid groups (broad SMARTS) is 2. The number of hydrogen-bond acceptors (Lipinski definition) is 7. The standard InChI is InChI=1S/C22H25N5O8S/c23-22(24)27-14-5-3-4-13(10-14)20(31)25-12-18(28)26-15(11-19(29)30)8-9-36(34,35)17-7-2-1-6-16(17)21(32)33/h1-7,10,15H,8-9,11-12H2,(H,25,31)(H,26,28)(H,29,30)(H,32,33)(H4,23,24,27). The number of carbonyl (C=O) groups is 4. The van der Waals surface area contributed by atoms with Gasteiger partial charge >= 0.3 is 11.9 Å². The second kappa shape index (κ2) is 12.3. The first-order chi connectivity index (χ1) is 16.9. The van der Waals surface area contributed by atoms with Crippen LogP contribution < -0.4 is 22.1 Å². The summed E-state index contributed by atoms with van der Waals surface area (Å²) in [7, 11) is -4.10. The van der Waals surface area contributed by atoms with Gasteiger partial charge in [0, 0.05) is 11.6 Å². The maximum atomic E-state index is 12.7. The van der Waals surface area contributed by atoms with Gasteiger partial charge in [0.25, 0.3) is 5.91 Å². The second-order valence-corrected chi connectivity index (χ2v) is 9.62. The summed E-state index contributed by atoms with van der Waals surface area (Å²) in [6.07, 6.45) is -0.890. The van der Waals surface area contributed by atoms with Crippen molar-refractivity contribution < 1.29 is 37.8 Å². The highest BCUT2D eigenvalue weighted by Gasteiger charge is 2.25. The molecule has 1 unspecified atom stereocenters. The molecule has 8 N–H and O–H groups in total. The van der Waals surface area contributed by atoms with Crippen LogP contribution in [0.15, 0.2) is 58.4 Å². The van der Waals surface area contributed by atoms with E-state index in [0.29, 0.717) is 5.69 Å². The molecule has 2 amide bonds. The largest absolute Gasteiger partial charge is 0.481 e. The van der Waals surface area contributed by atoms with Crippen molar-refractivity contribution in [2.24, 2.45) is 16.5 Å². The highest BCUT2D eigenvalue weighted by Crippen LogP contribution is 2.19. The summed E-state index contributed by atoms with van der Waals surface area (Å²) in [6, 6.07) is 9.87. The molecule has 0 saturated carbocycles. The number of aliphatic carboxylic acids is 1. The number of sulfone groups is 1. The minimum Gasteiger partial charge on any atom is -0.481 e. The van der Waals surface area contributed by atoms with E-state index >= 15 is 0 Å². The fourth-order valence-electron chi connectivity index (χ4n) is 3.17. The number of carboxylic acids is 2. The number of rotatable bonds is 12. The van der Waals surface area contributed by atoms with Crippen molar-refractivity contribution in [3.63, 3.8) is 0 Å². The molecule has 14 heteroatoms. The lowest BCUT2D eigenvalue weighted by Gasteiger charge is -2.18. The molecule has 0 aliphatic heterocycles. The Morgan fingerprint density at radius 3 is 2.33 bits per heavy atom. The predicted molar refractivity (Wildman–Crippen MR) is 128 cm³/mol. The molecule has 2 aromatic carbocycles. The summed E-state index contributed by atoms with van der Waals surface area (Å²) >= 11 is 0. The zero-order chi connectivity index (χ0) is 26.9. The van der Waals surface area contributed by atoms with E-state index in [9.17, 15) is 32.7 Å². The molecule has 0 aliphatic rings. The lowest BCUT2D eigenvalue weighted by atomic mass is 10.1. The van der Waals surface area contributed by atoms with Crippen molar-refractivity contribution in [2.45, 2.75) is 23.8 Å². The Hall–Kier alpha value is -4.46. The third-order valence-electron chi connectivity index (χ3n) is 4.75. The van der Waals surface area contributed by atoms with Crippen LogP contribution in [0, 0.1) is 0 Å². The number of carbonyl (C=O) groups excluding carboxylic acids is 2. The van der Waals surface area contributed by atoms with E-state index in [1.54, 1.807) is 6.07 Å². The fraction of sp³-hybridized carbons (Fsp3) is 0.227. The first-order valence-corrected chi connectivity index (χ1v) is 12.1. The Kier molecular flexibility index (Phi) is 9.50. The van der Waals surface area contributed by atoms with Gasteiger partial charge < -0.3 is 32.3 Å². The third-order valence-corrected chi connectivity index (χ3v) is 6.55. The zero-order valence-corrected chi connectivity index (χ0v) is 19.7. The van der Waals surface area contributed by atoms with Crippen LogP contribution in [0.3, 0.4) is 0 Å². The van der Waals surface area contributed by atoms with Crippen molar-refractivity contribution in [1.82, 2.24) is 10.6 Å². The van der Waals surface area contributed by atoms with E-state index in [0.717, 1.165) is 12.1 Å². The van der Waals surface area contributed by atoms with Crippen LogP contribution in [-0.2, 0) is 19.4 Å². The number of aromatic carboxylic acids is 1. The molecule has 0 fully saturated rings. The Balaban J connectivity index is 2.02. The maximum Gasteiger partial charge on any atom is 0.337 e.